The molecule has 0 heterocycles. The molecule has 2 atom stereocenters. The van der Waals surface area contributed by atoms with E-state index in [0.717, 1.165) is 13.0 Å². The standard InChI is InChI=1S/C13H17NO2/c1-9-3-5-10(6-4-9)8-14(2)12-7-11(12)13(15)16/h3-6,11-12H,7-8H2,1-2H3,(H,15,16). The van der Waals surface area contributed by atoms with Gasteiger partial charge in [0.15, 0.2) is 0 Å². The minimum Gasteiger partial charge on any atom is -0.481 e. The first-order valence-corrected chi connectivity index (χ1v) is 5.56. The summed E-state index contributed by atoms with van der Waals surface area (Å²) < 4.78 is 0. The first-order chi connectivity index (χ1) is 7.58. The van der Waals surface area contributed by atoms with Crippen molar-refractivity contribution in [3.8, 4) is 0 Å². The van der Waals surface area contributed by atoms with Gasteiger partial charge in [0.2, 0.25) is 0 Å². The second-order valence-electron chi connectivity index (χ2n) is 4.65. The van der Waals surface area contributed by atoms with Crippen LogP contribution in [0.4, 0.5) is 0 Å². The minimum absolute atomic E-state index is 0.157. The maximum absolute atomic E-state index is 10.7. The maximum atomic E-state index is 10.7. The number of carboxylic acids is 1. The molecule has 2 unspecified atom stereocenters. The highest BCUT2D eigenvalue weighted by molar-refractivity contribution is 5.74. The zero-order valence-corrected chi connectivity index (χ0v) is 9.68. The van der Waals surface area contributed by atoms with Crippen molar-refractivity contribution in [1.29, 1.82) is 0 Å². The Morgan fingerprint density at radius 2 is 2.06 bits per heavy atom. The van der Waals surface area contributed by atoms with Crippen molar-refractivity contribution < 1.29 is 9.90 Å². The Hall–Kier alpha value is -1.35. The van der Waals surface area contributed by atoms with Crippen LogP contribution in [0.2, 0.25) is 0 Å². The van der Waals surface area contributed by atoms with Gasteiger partial charge in [-0.1, -0.05) is 29.8 Å². The van der Waals surface area contributed by atoms with E-state index in [2.05, 4.69) is 36.1 Å². The van der Waals surface area contributed by atoms with E-state index in [0.29, 0.717) is 0 Å². The van der Waals surface area contributed by atoms with E-state index in [9.17, 15) is 4.79 Å². The number of carboxylic acid groups (broad SMARTS) is 1. The first-order valence-electron chi connectivity index (χ1n) is 5.56. The fourth-order valence-corrected chi connectivity index (χ4v) is 2.03. The van der Waals surface area contributed by atoms with Gasteiger partial charge in [0.1, 0.15) is 0 Å². The summed E-state index contributed by atoms with van der Waals surface area (Å²) in [7, 11) is 1.99. The lowest BCUT2D eigenvalue weighted by molar-refractivity contribution is -0.138. The van der Waals surface area contributed by atoms with Crippen LogP contribution in [0, 0.1) is 12.8 Å². The summed E-state index contributed by atoms with van der Waals surface area (Å²) in [5, 5.41) is 8.85. The number of carbonyl (C=O) groups is 1. The Labute approximate surface area is 95.7 Å². The van der Waals surface area contributed by atoms with Gasteiger partial charge in [0.05, 0.1) is 5.92 Å². The third-order valence-electron chi connectivity index (χ3n) is 3.19. The molecule has 86 valence electrons. The molecule has 1 aromatic carbocycles. The van der Waals surface area contributed by atoms with Crippen LogP contribution in [0.1, 0.15) is 17.5 Å². The fraction of sp³-hybridized carbons (Fsp3) is 0.462. The minimum atomic E-state index is -0.666. The topological polar surface area (TPSA) is 40.5 Å². The average molecular weight is 219 g/mol. The van der Waals surface area contributed by atoms with Crippen LogP contribution in [0.25, 0.3) is 0 Å². The molecule has 3 heteroatoms. The van der Waals surface area contributed by atoms with E-state index in [1.807, 2.05) is 7.05 Å². The van der Waals surface area contributed by atoms with Crippen molar-refractivity contribution in [2.75, 3.05) is 7.05 Å². The molecule has 0 radical (unpaired) electrons. The molecule has 0 spiro atoms. The van der Waals surface area contributed by atoms with Crippen molar-refractivity contribution in [2.24, 2.45) is 5.92 Å². The van der Waals surface area contributed by atoms with E-state index in [-0.39, 0.29) is 12.0 Å². The predicted octanol–water partition coefficient (Wildman–Crippen LogP) is 1.90. The summed E-state index contributed by atoms with van der Waals surface area (Å²) in [5.74, 6) is -0.823. The van der Waals surface area contributed by atoms with Crippen molar-refractivity contribution in [3.05, 3.63) is 35.4 Å². The Morgan fingerprint density at radius 1 is 1.44 bits per heavy atom. The summed E-state index contributed by atoms with van der Waals surface area (Å²) in [6.07, 6.45) is 0.789. The first kappa shape index (κ1) is 11.1. The lowest BCUT2D eigenvalue weighted by Gasteiger charge is -2.16. The Bertz CT molecular complexity index is 385. The molecule has 1 aliphatic carbocycles. The molecule has 0 amide bonds. The fourth-order valence-electron chi connectivity index (χ4n) is 2.03. The van der Waals surface area contributed by atoms with Crippen LogP contribution in [0.15, 0.2) is 24.3 Å². The summed E-state index contributed by atoms with van der Waals surface area (Å²) in [6.45, 7) is 2.89. The molecule has 1 aliphatic rings. The van der Waals surface area contributed by atoms with E-state index >= 15 is 0 Å². The molecule has 16 heavy (non-hydrogen) atoms. The van der Waals surface area contributed by atoms with Crippen LogP contribution in [0.5, 0.6) is 0 Å². The van der Waals surface area contributed by atoms with Crippen LogP contribution < -0.4 is 0 Å². The predicted molar refractivity (Wildman–Crippen MR) is 62.2 cm³/mol. The maximum Gasteiger partial charge on any atom is 0.308 e. The van der Waals surface area contributed by atoms with Crippen LogP contribution in [-0.4, -0.2) is 29.1 Å². The van der Waals surface area contributed by atoms with E-state index in [4.69, 9.17) is 5.11 Å². The summed E-state index contributed by atoms with van der Waals surface area (Å²) in [4.78, 5) is 12.9. The Kier molecular flexibility index (Phi) is 2.97. The van der Waals surface area contributed by atoms with E-state index in [1.54, 1.807) is 0 Å². The van der Waals surface area contributed by atoms with Gasteiger partial charge in [0.25, 0.3) is 0 Å². The molecule has 1 fully saturated rings. The van der Waals surface area contributed by atoms with Crippen LogP contribution in [0.3, 0.4) is 0 Å². The van der Waals surface area contributed by atoms with Gasteiger partial charge in [-0.25, -0.2) is 0 Å². The molecular weight excluding hydrogens is 202 g/mol. The molecule has 2 rings (SSSR count). The molecule has 1 N–H and O–H groups in total. The van der Waals surface area contributed by atoms with Gasteiger partial charge in [0, 0.05) is 12.6 Å². The second kappa shape index (κ2) is 4.26. The zero-order valence-electron chi connectivity index (χ0n) is 9.68. The normalized spacial score (nSPS) is 23.4. The number of rotatable bonds is 4. The van der Waals surface area contributed by atoms with Crippen molar-refractivity contribution in [2.45, 2.75) is 25.9 Å². The number of aryl methyl sites for hydroxylation is 1. The monoisotopic (exact) mass is 219 g/mol. The van der Waals surface area contributed by atoms with E-state index < -0.39 is 5.97 Å². The molecule has 0 saturated heterocycles. The smallest absolute Gasteiger partial charge is 0.308 e. The quantitative estimate of drug-likeness (QED) is 0.840. The third kappa shape index (κ3) is 2.42. The number of nitrogens with zero attached hydrogens (tertiary/aromatic N) is 1. The summed E-state index contributed by atoms with van der Waals surface area (Å²) >= 11 is 0. The highest BCUT2D eigenvalue weighted by atomic mass is 16.4. The van der Waals surface area contributed by atoms with Gasteiger partial charge in [-0.05, 0) is 26.0 Å². The summed E-state index contributed by atoms with van der Waals surface area (Å²) in [6, 6.07) is 8.60. The van der Waals surface area contributed by atoms with Crippen molar-refractivity contribution in [3.63, 3.8) is 0 Å². The molecule has 1 aromatic rings. The van der Waals surface area contributed by atoms with Crippen LogP contribution >= 0.6 is 0 Å². The lowest BCUT2D eigenvalue weighted by atomic mass is 10.1. The summed E-state index contributed by atoms with van der Waals surface area (Å²) in [5.41, 5.74) is 2.49. The average Bonchev–Trinajstić information content (AvgIpc) is 3.01. The van der Waals surface area contributed by atoms with E-state index in [1.165, 1.54) is 11.1 Å². The largest absolute Gasteiger partial charge is 0.481 e. The molecule has 3 nitrogen and oxygen atoms in total. The SMILES string of the molecule is Cc1ccc(CN(C)C2CC2C(=O)O)cc1. The van der Waals surface area contributed by atoms with Gasteiger partial charge in [-0.15, -0.1) is 0 Å². The van der Waals surface area contributed by atoms with Crippen molar-refractivity contribution in [1.82, 2.24) is 4.90 Å². The highest BCUT2D eigenvalue weighted by Gasteiger charge is 2.45. The number of hydrogen-bond donors (Lipinski definition) is 1. The molecule has 1 saturated carbocycles. The number of aliphatic carboxylic acids is 1. The van der Waals surface area contributed by atoms with Crippen molar-refractivity contribution >= 4 is 5.97 Å². The van der Waals surface area contributed by atoms with Gasteiger partial charge < -0.3 is 5.11 Å². The van der Waals surface area contributed by atoms with Gasteiger partial charge in [-0.3, -0.25) is 9.69 Å². The van der Waals surface area contributed by atoms with Crippen LogP contribution in [-0.2, 0) is 11.3 Å². The lowest BCUT2D eigenvalue weighted by Crippen LogP contribution is -2.23. The molecular formula is C13H17NO2. The van der Waals surface area contributed by atoms with Gasteiger partial charge in [-0.2, -0.15) is 0 Å². The zero-order chi connectivity index (χ0) is 11.7. The molecule has 0 bridgehead atoms. The molecule has 0 aliphatic heterocycles. The third-order valence-corrected chi connectivity index (χ3v) is 3.19. The van der Waals surface area contributed by atoms with Gasteiger partial charge >= 0.3 is 5.97 Å². The number of benzene rings is 1. The Balaban J connectivity index is 1.91. The number of hydrogen-bond acceptors (Lipinski definition) is 2. The molecule has 0 aromatic heterocycles. The second-order valence-corrected chi connectivity index (χ2v) is 4.65. The highest BCUT2D eigenvalue weighted by Crippen LogP contribution is 2.35. The Morgan fingerprint density at radius 3 is 2.56 bits per heavy atom.